The molecule has 4 aromatic rings. The number of carboxylic acids is 1. The maximum atomic E-state index is 10.9. The van der Waals surface area contributed by atoms with Crippen LogP contribution in [0.4, 0.5) is 0 Å². The van der Waals surface area contributed by atoms with E-state index in [9.17, 15) is 4.79 Å². The molecule has 0 aliphatic rings. The van der Waals surface area contributed by atoms with E-state index in [4.69, 9.17) is 9.63 Å². The van der Waals surface area contributed by atoms with Gasteiger partial charge in [0, 0.05) is 17.7 Å². The van der Waals surface area contributed by atoms with E-state index in [1.54, 1.807) is 11.9 Å². The van der Waals surface area contributed by atoms with Crippen LogP contribution in [0.3, 0.4) is 0 Å². The normalized spacial score (nSPS) is 11.2. The highest BCUT2D eigenvalue weighted by atomic mass is 16.5. The van der Waals surface area contributed by atoms with Gasteiger partial charge in [0.2, 0.25) is 5.82 Å². The molecule has 0 bridgehead atoms. The van der Waals surface area contributed by atoms with Crippen molar-refractivity contribution in [3.8, 4) is 34.0 Å². The number of hydrogen-bond donors (Lipinski definition) is 1. The fourth-order valence-corrected chi connectivity index (χ4v) is 4.02. The van der Waals surface area contributed by atoms with Gasteiger partial charge in [-0.1, -0.05) is 47.6 Å². The minimum atomic E-state index is -0.840. The highest BCUT2D eigenvalue weighted by molar-refractivity contribution is 5.73. The SMILES string of the molecule is Cc1cc(-c2noc(-c3ccc(-c4ccccc4C)c(C)c3)n2)ccc1CN(C)CC(=O)O. The molecule has 0 fully saturated rings. The molecule has 0 atom stereocenters. The summed E-state index contributed by atoms with van der Waals surface area (Å²) >= 11 is 0. The van der Waals surface area contributed by atoms with Gasteiger partial charge in [-0.15, -0.1) is 0 Å². The first-order chi connectivity index (χ1) is 15.8. The molecule has 0 saturated carbocycles. The van der Waals surface area contributed by atoms with Crippen LogP contribution < -0.4 is 0 Å². The second-order valence-electron chi connectivity index (χ2n) is 8.48. The third-order valence-electron chi connectivity index (χ3n) is 5.78. The van der Waals surface area contributed by atoms with Gasteiger partial charge in [0.15, 0.2) is 0 Å². The van der Waals surface area contributed by atoms with Crippen LogP contribution in [0.15, 0.2) is 65.2 Å². The minimum absolute atomic E-state index is 0.00254. The summed E-state index contributed by atoms with van der Waals surface area (Å²) in [7, 11) is 1.79. The monoisotopic (exact) mass is 441 g/mol. The van der Waals surface area contributed by atoms with Gasteiger partial charge >= 0.3 is 5.97 Å². The van der Waals surface area contributed by atoms with Crippen LogP contribution in [0.25, 0.3) is 34.0 Å². The number of carboxylic acid groups (broad SMARTS) is 1. The topological polar surface area (TPSA) is 79.5 Å². The molecule has 0 aliphatic carbocycles. The second kappa shape index (κ2) is 9.38. The Morgan fingerprint density at radius 1 is 0.909 bits per heavy atom. The van der Waals surface area contributed by atoms with Crippen molar-refractivity contribution in [3.05, 3.63) is 82.9 Å². The standard InChI is InChI=1S/C27H27N3O3/c1-17-7-5-6-8-23(17)24-12-11-21(14-19(24)3)27-28-26(29-33-27)20-9-10-22(18(2)13-20)15-30(4)16-25(31)32/h5-14H,15-16H2,1-4H3,(H,31,32). The van der Waals surface area contributed by atoms with Crippen molar-refractivity contribution >= 4 is 5.97 Å². The number of aromatic nitrogens is 2. The summed E-state index contributed by atoms with van der Waals surface area (Å²) < 4.78 is 5.57. The first-order valence-electron chi connectivity index (χ1n) is 10.8. The maximum Gasteiger partial charge on any atom is 0.317 e. The zero-order chi connectivity index (χ0) is 23.5. The molecular weight excluding hydrogens is 414 g/mol. The third-order valence-corrected chi connectivity index (χ3v) is 5.78. The Bertz CT molecular complexity index is 1310. The maximum absolute atomic E-state index is 10.9. The zero-order valence-corrected chi connectivity index (χ0v) is 19.3. The van der Waals surface area contributed by atoms with Gasteiger partial charge in [-0.25, -0.2) is 0 Å². The van der Waals surface area contributed by atoms with Gasteiger partial charge in [0.25, 0.3) is 5.89 Å². The van der Waals surface area contributed by atoms with Crippen molar-refractivity contribution in [2.45, 2.75) is 27.3 Å². The molecule has 0 radical (unpaired) electrons. The molecule has 3 aromatic carbocycles. The van der Waals surface area contributed by atoms with Crippen LogP contribution in [-0.4, -0.2) is 39.7 Å². The highest BCUT2D eigenvalue weighted by Crippen LogP contribution is 2.31. The number of rotatable bonds is 7. The third kappa shape index (κ3) is 5.02. The Morgan fingerprint density at radius 2 is 1.61 bits per heavy atom. The van der Waals surface area contributed by atoms with Crippen molar-refractivity contribution in [1.29, 1.82) is 0 Å². The molecule has 33 heavy (non-hydrogen) atoms. The van der Waals surface area contributed by atoms with Crippen LogP contribution in [-0.2, 0) is 11.3 Å². The molecule has 168 valence electrons. The van der Waals surface area contributed by atoms with E-state index in [1.165, 1.54) is 16.7 Å². The van der Waals surface area contributed by atoms with Crippen molar-refractivity contribution < 1.29 is 14.4 Å². The van der Waals surface area contributed by atoms with Gasteiger partial charge < -0.3 is 9.63 Å². The number of likely N-dealkylation sites (N-methyl/N-ethyl adjacent to an activating group) is 1. The number of benzene rings is 3. The van der Waals surface area contributed by atoms with Crippen LogP contribution in [0.5, 0.6) is 0 Å². The molecule has 0 aliphatic heterocycles. The van der Waals surface area contributed by atoms with E-state index >= 15 is 0 Å². The Labute approximate surface area is 193 Å². The molecule has 0 amide bonds. The molecule has 0 saturated heterocycles. The summed E-state index contributed by atoms with van der Waals surface area (Å²) in [6.45, 7) is 6.76. The van der Waals surface area contributed by atoms with Gasteiger partial charge in [0.1, 0.15) is 0 Å². The summed E-state index contributed by atoms with van der Waals surface area (Å²) in [6, 6.07) is 20.5. The molecule has 4 rings (SSSR count). The van der Waals surface area contributed by atoms with Gasteiger partial charge in [-0.3, -0.25) is 9.69 Å². The average molecular weight is 442 g/mol. The van der Waals surface area contributed by atoms with Gasteiger partial charge in [0.05, 0.1) is 6.54 Å². The predicted molar refractivity (Wildman–Crippen MR) is 129 cm³/mol. The predicted octanol–water partition coefficient (Wildman–Crippen LogP) is 5.51. The molecular formula is C27H27N3O3. The lowest BCUT2D eigenvalue weighted by Gasteiger charge is -2.16. The minimum Gasteiger partial charge on any atom is -0.480 e. The molecule has 1 aromatic heterocycles. The largest absolute Gasteiger partial charge is 0.480 e. The number of aliphatic carboxylic acids is 1. The van der Waals surface area contributed by atoms with Crippen molar-refractivity contribution in [3.63, 3.8) is 0 Å². The summed E-state index contributed by atoms with van der Waals surface area (Å²) in [5.41, 5.74) is 8.65. The molecule has 6 nitrogen and oxygen atoms in total. The Hall–Kier alpha value is -3.77. The van der Waals surface area contributed by atoms with Crippen LogP contribution in [0.2, 0.25) is 0 Å². The van der Waals surface area contributed by atoms with E-state index in [0.29, 0.717) is 18.3 Å². The van der Waals surface area contributed by atoms with Crippen molar-refractivity contribution in [1.82, 2.24) is 15.0 Å². The fourth-order valence-electron chi connectivity index (χ4n) is 4.02. The number of aryl methyl sites for hydroxylation is 3. The summed E-state index contributed by atoms with van der Waals surface area (Å²) in [6.07, 6.45) is 0. The first kappa shape index (κ1) is 22.4. The molecule has 1 N–H and O–H groups in total. The van der Waals surface area contributed by atoms with E-state index in [1.807, 2.05) is 37.3 Å². The fraction of sp³-hybridized carbons (Fsp3) is 0.222. The molecule has 6 heteroatoms. The number of carbonyl (C=O) groups is 1. The average Bonchev–Trinajstić information content (AvgIpc) is 3.25. The Morgan fingerprint density at radius 3 is 2.30 bits per heavy atom. The Balaban J connectivity index is 1.56. The lowest BCUT2D eigenvalue weighted by Crippen LogP contribution is -2.25. The summed E-state index contributed by atoms with van der Waals surface area (Å²) in [5, 5.41) is 13.1. The van der Waals surface area contributed by atoms with E-state index in [2.05, 4.69) is 54.3 Å². The molecule has 1 heterocycles. The van der Waals surface area contributed by atoms with E-state index in [-0.39, 0.29) is 6.54 Å². The number of hydrogen-bond acceptors (Lipinski definition) is 5. The van der Waals surface area contributed by atoms with Gasteiger partial charge in [-0.2, -0.15) is 4.98 Å². The van der Waals surface area contributed by atoms with Crippen LogP contribution in [0, 0.1) is 20.8 Å². The van der Waals surface area contributed by atoms with Crippen molar-refractivity contribution in [2.24, 2.45) is 0 Å². The first-order valence-corrected chi connectivity index (χ1v) is 10.8. The quantitative estimate of drug-likeness (QED) is 0.407. The van der Waals surface area contributed by atoms with E-state index in [0.717, 1.165) is 27.8 Å². The lowest BCUT2D eigenvalue weighted by atomic mass is 9.95. The van der Waals surface area contributed by atoms with Crippen LogP contribution in [0.1, 0.15) is 22.3 Å². The zero-order valence-electron chi connectivity index (χ0n) is 19.3. The smallest absolute Gasteiger partial charge is 0.317 e. The molecule has 0 spiro atoms. The Kier molecular flexibility index (Phi) is 6.38. The number of nitrogens with zero attached hydrogens (tertiary/aromatic N) is 3. The second-order valence-corrected chi connectivity index (χ2v) is 8.48. The van der Waals surface area contributed by atoms with Crippen LogP contribution >= 0.6 is 0 Å². The van der Waals surface area contributed by atoms with Crippen molar-refractivity contribution in [2.75, 3.05) is 13.6 Å². The highest BCUT2D eigenvalue weighted by Gasteiger charge is 2.14. The van der Waals surface area contributed by atoms with Gasteiger partial charge in [-0.05, 0) is 79.4 Å². The molecule has 0 unspecified atom stereocenters. The van der Waals surface area contributed by atoms with E-state index < -0.39 is 5.97 Å². The summed E-state index contributed by atoms with van der Waals surface area (Å²) in [5.74, 6) is 0.166. The summed E-state index contributed by atoms with van der Waals surface area (Å²) in [4.78, 5) is 17.3. The lowest BCUT2D eigenvalue weighted by molar-refractivity contribution is -0.138.